The molecule has 7 rings (SSSR count). The molecule has 0 amide bonds. The van der Waals surface area contributed by atoms with Crippen LogP contribution in [0.4, 0.5) is 4.39 Å². The van der Waals surface area contributed by atoms with Crippen LogP contribution >= 0.6 is 11.3 Å². The normalized spacial score (nSPS) is 14.6. The Labute approximate surface area is 215 Å². The lowest BCUT2D eigenvalue weighted by Crippen LogP contribution is -2.29. The molecule has 0 saturated carbocycles. The molecule has 0 atom stereocenters. The highest BCUT2D eigenvalue weighted by Crippen LogP contribution is 2.35. The molecule has 0 aromatic carbocycles. The van der Waals surface area contributed by atoms with Crippen LogP contribution in [0.25, 0.3) is 55.3 Å². The first-order valence-corrected chi connectivity index (χ1v) is 13.2. The molecule has 37 heavy (non-hydrogen) atoms. The SMILES string of the molecule is Fc1c(-c2cncc(CN3CCCCC3)c2)ncc2[nH]nc(-c3nc4nccc(-c5cccs5)c4[nH]3)c12. The van der Waals surface area contributed by atoms with Crippen LogP contribution in [0.1, 0.15) is 24.8 Å². The maximum absolute atomic E-state index is 16.1. The van der Waals surface area contributed by atoms with Crippen LogP contribution in [0.15, 0.2) is 54.4 Å². The zero-order valence-electron chi connectivity index (χ0n) is 19.9. The molecule has 1 saturated heterocycles. The largest absolute Gasteiger partial charge is 0.335 e. The predicted molar refractivity (Wildman–Crippen MR) is 142 cm³/mol. The number of aromatic nitrogens is 7. The molecule has 0 aliphatic carbocycles. The van der Waals surface area contributed by atoms with Gasteiger partial charge in [0.2, 0.25) is 0 Å². The summed E-state index contributed by atoms with van der Waals surface area (Å²) in [5.74, 6) is -0.00384. The van der Waals surface area contributed by atoms with Gasteiger partial charge in [0, 0.05) is 41.1 Å². The third kappa shape index (κ3) is 3.98. The van der Waals surface area contributed by atoms with Crippen LogP contribution in [0.5, 0.6) is 0 Å². The number of likely N-dealkylation sites (tertiary alicyclic amines) is 1. The average molecular weight is 511 g/mol. The summed E-state index contributed by atoms with van der Waals surface area (Å²) in [7, 11) is 0. The van der Waals surface area contributed by atoms with E-state index in [-0.39, 0.29) is 5.69 Å². The van der Waals surface area contributed by atoms with Crippen LogP contribution in [-0.4, -0.2) is 53.1 Å². The summed E-state index contributed by atoms with van der Waals surface area (Å²) < 4.78 is 16.1. The monoisotopic (exact) mass is 510 g/mol. The molecule has 10 heteroatoms. The maximum atomic E-state index is 16.1. The topological polar surface area (TPSA) is 99.3 Å². The fourth-order valence-electron chi connectivity index (χ4n) is 5.09. The number of imidazole rings is 1. The molecule has 0 unspecified atom stereocenters. The zero-order valence-corrected chi connectivity index (χ0v) is 20.7. The summed E-state index contributed by atoms with van der Waals surface area (Å²) in [6.45, 7) is 2.98. The first-order valence-electron chi connectivity index (χ1n) is 12.3. The summed E-state index contributed by atoms with van der Waals surface area (Å²) in [5.41, 5.74) is 5.19. The number of piperidine rings is 1. The number of pyridine rings is 3. The third-order valence-electron chi connectivity index (χ3n) is 6.87. The Morgan fingerprint density at radius 3 is 2.81 bits per heavy atom. The van der Waals surface area contributed by atoms with Crippen molar-refractivity contribution >= 4 is 33.4 Å². The van der Waals surface area contributed by atoms with Gasteiger partial charge in [-0.25, -0.2) is 14.4 Å². The lowest BCUT2D eigenvalue weighted by molar-refractivity contribution is 0.220. The van der Waals surface area contributed by atoms with Gasteiger partial charge in [0.1, 0.15) is 11.4 Å². The second kappa shape index (κ2) is 9.13. The number of fused-ring (bicyclic) bond motifs is 2. The van der Waals surface area contributed by atoms with Crippen molar-refractivity contribution in [3.8, 4) is 33.2 Å². The fourth-order valence-corrected chi connectivity index (χ4v) is 5.85. The highest BCUT2D eigenvalue weighted by molar-refractivity contribution is 7.13. The van der Waals surface area contributed by atoms with Gasteiger partial charge in [-0.1, -0.05) is 12.5 Å². The lowest BCUT2D eigenvalue weighted by atomic mass is 10.1. The van der Waals surface area contributed by atoms with Crippen molar-refractivity contribution in [2.24, 2.45) is 0 Å². The van der Waals surface area contributed by atoms with Crippen LogP contribution in [0.3, 0.4) is 0 Å². The van der Waals surface area contributed by atoms with Gasteiger partial charge in [-0.2, -0.15) is 5.10 Å². The van der Waals surface area contributed by atoms with Gasteiger partial charge in [-0.3, -0.25) is 20.0 Å². The minimum Gasteiger partial charge on any atom is -0.335 e. The molecular weight excluding hydrogens is 487 g/mol. The molecule has 6 aromatic heterocycles. The molecule has 1 fully saturated rings. The minimum atomic E-state index is -0.454. The number of hydrogen-bond acceptors (Lipinski definition) is 7. The van der Waals surface area contributed by atoms with Crippen molar-refractivity contribution in [1.82, 2.24) is 40.0 Å². The molecule has 0 radical (unpaired) electrons. The predicted octanol–water partition coefficient (Wildman–Crippen LogP) is 5.81. The Balaban J connectivity index is 1.30. The lowest BCUT2D eigenvalue weighted by Gasteiger charge is -2.26. The first kappa shape index (κ1) is 22.2. The molecule has 7 heterocycles. The summed E-state index contributed by atoms with van der Waals surface area (Å²) in [4.78, 5) is 24.7. The molecule has 1 aliphatic heterocycles. The minimum absolute atomic E-state index is 0.247. The summed E-state index contributed by atoms with van der Waals surface area (Å²) in [6, 6.07) is 7.99. The van der Waals surface area contributed by atoms with Crippen LogP contribution in [0.2, 0.25) is 0 Å². The smallest absolute Gasteiger partial charge is 0.178 e. The number of nitrogens with zero attached hydrogens (tertiary/aromatic N) is 6. The zero-order chi connectivity index (χ0) is 24.8. The second-order valence-corrected chi connectivity index (χ2v) is 10.3. The molecule has 2 N–H and O–H groups in total. The molecule has 0 bridgehead atoms. The van der Waals surface area contributed by atoms with Crippen molar-refractivity contribution in [1.29, 1.82) is 0 Å². The van der Waals surface area contributed by atoms with Gasteiger partial charge in [-0.05, 0) is 55.1 Å². The number of rotatable bonds is 5. The highest BCUT2D eigenvalue weighted by atomic mass is 32.1. The van der Waals surface area contributed by atoms with Crippen molar-refractivity contribution < 1.29 is 4.39 Å². The quantitative estimate of drug-likeness (QED) is 0.304. The van der Waals surface area contributed by atoms with Crippen LogP contribution in [-0.2, 0) is 6.54 Å². The number of nitrogens with one attached hydrogen (secondary N) is 2. The summed E-state index contributed by atoms with van der Waals surface area (Å²) in [6.07, 6.45) is 10.6. The van der Waals surface area contributed by atoms with Gasteiger partial charge in [0.05, 0.1) is 22.6 Å². The van der Waals surface area contributed by atoms with Gasteiger partial charge >= 0.3 is 0 Å². The van der Waals surface area contributed by atoms with Crippen molar-refractivity contribution in [3.05, 3.63) is 65.8 Å². The van der Waals surface area contributed by atoms with E-state index in [1.165, 1.54) is 19.3 Å². The van der Waals surface area contributed by atoms with Crippen LogP contribution < -0.4 is 0 Å². The first-order chi connectivity index (χ1) is 18.2. The second-order valence-electron chi connectivity index (χ2n) is 9.32. The van der Waals surface area contributed by atoms with Crippen LogP contribution in [0, 0.1) is 5.82 Å². The molecule has 0 spiro atoms. The number of H-pyrrole nitrogens is 2. The molecule has 6 aromatic rings. The molecule has 184 valence electrons. The van der Waals surface area contributed by atoms with E-state index in [1.54, 1.807) is 29.9 Å². The Morgan fingerprint density at radius 1 is 1.03 bits per heavy atom. The van der Waals surface area contributed by atoms with Crippen molar-refractivity contribution in [2.45, 2.75) is 25.8 Å². The van der Waals surface area contributed by atoms with E-state index in [1.807, 2.05) is 29.8 Å². The van der Waals surface area contributed by atoms with Gasteiger partial charge in [-0.15, -0.1) is 11.3 Å². The Bertz CT molecular complexity index is 1720. The number of aromatic amines is 2. The number of halogens is 1. The molecule has 1 aliphatic rings. The standard InChI is InChI=1S/C27H23FN8S/c28-22-21-19(14-31-23(22)17-11-16(12-29-13-17)15-36-8-2-1-3-9-36)34-35-25(21)27-32-24-18(20-5-4-10-37-20)6-7-30-26(24)33-27/h4-7,10-14H,1-3,8-9,15H2,(H,34,35)(H,30,32,33). The van der Waals surface area contributed by atoms with Gasteiger partial charge < -0.3 is 4.98 Å². The number of hydrogen-bond donors (Lipinski definition) is 2. The van der Waals surface area contributed by atoms with E-state index in [4.69, 9.17) is 0 Å². The van der Waals surface area contributed by atoms with E-state index in [2.05, 4.69) is 46.1 Å². The van der Waals surface area contributed by atoms with E-state index in [9.17, 15) is 0 Å². The van der Waals surface area contributed by atoms with E-state index < -0.39 is 5.82 Å². The summed E-state index contributed by atoms with van der Waals surface area (Å²) in [5, 5.41) is 9.67. The Hall–Kier alpha value is -4.02. The van der Waals surface area contributed by atoms with E-state index >= 15 is 4.39 Å². The van der Waals surface area contributed by atoms with E-state index in [0.717, 1.165) is 41.2 Å². The van der Waals surface area contributed by atoms with Gasteiger partial charge in [0.25, 0.3) is 0 Å². The summed E-state index contributed by atoms with van der Waals surface area (Å²) >= 11 is 1.64. The molecule has 8 nitrogen and oxygen atoms in total. The average Bonchev–Trinajstić information content (AvgIpc) is 3.69. The molecular formula is C27H23FN8S. The maximum Gasteiger partial charge on any atom is 0.178 e. The number of thiophene rings is 1. The third-order valence-corrected chi connectivity index (χ3v) is 7.77. The Morgan fingerprint density at radius 2 is 1.95 bits per heavy atom. The van der Waals surface area contributed by atoms with Crippen molar-refractivity contribution in [2.75, 3.05) is 13.1 Å². The Kier molecular flexibility index (Phi) is 5.48. The highest BCUT2D eigenvalue weighted by Gasteiger charge is 2.22. The van der Waals surface area contributed by atoms with Gasteiger partial charge in [0.15, 0.2) is 17.3 Å². The van der Waals surface area contributed by atoms with Crippen molar-refractivity contribution in [3.63, 3.8) is 0 Å². The fraction of sp³-hybridized carbons (Fsp3) is 0.222. The van der Waals surface area contributed by atoms with E-state index in [0.29, 0.717) is 33.6 Å².